The number of aryl methyl sites for hydroxylation is 2. The normalized spacial score (nSPS) is 11.3. The number of aromatic hydroxyl groups is 2. The van der Waals surface area contributed by atoms with E-state index in [4.69, 9.17) is 0 Å². The second-order valence-electron chi connectivity index (χ2n) is 14.2. The number of benzene rings is 6. The molecule has 6 aromatic rings. The van der Waals surface area contributed by atoms with Crippen molar-refractivity contribution in [3.63, 3.8) is 0 Å². The molecule has 0 fully saturated rings. The monoisotopic (exact) mass is 1010 g/mol. The molecule has 4 amide bonds. The molecule has 0 spiro atoms. The molecular weight excluding hydrogens is 979 g/mol. The summed E-state index contributed by atoms with van der Waals surface area (Å²) in [5.74, 6) is -7.11. The van der Waals surface area contributed by atoms with E-state index in [1.807, 2.05) is 0 Å². The van der Waals surface area contributed by atoms with Crippen LogP contribution in [-0.2, 0) is 20.2 Å². The molecule has 70 heavy (non-hydrogen) atoms. The molecule has 27 heteroatoms. The van der Waals surface area contributed by atoms with E-state index in [2.05, 4.69) is 41.7 Å². The van der Waals surface area contributed by atoms with E-state index >= 15 is 0 Å². The van der Waals surface area contributed by atoms with Crippen molar-refractivity contribution in [1.29, 1.82) is 0 Å². The van der Waals surface area contributed by atoms with Crippen molar-refractivity contribution in [3.8, 4) is 11.5 Å². The maximum atomic E-state index is 12.9. The first-order valence-corrected chi connectivity index (χ1v) is 21.9. The van der Waals surface area contributed by atoms with Crippen LogP contribution in [0.2, 0.25) is 0 Å². The molecule has 0 heterocycles. The van der Waals surface area contributed by atoms with Crippen LogP contribution >= 0.6 is 0 Å². The number of phenols is 2. The van der Waals surface area contributed by atoms with E-state index in [-0.39, 0.29) is 70.2 Å². The Labute approximate surface area is 440 Å². The number of nitrogens with zero attached hydrogens (tertiary/aromatic N) is 4. The van der Waals surface area contributed by atoms with Crippen molar-refractivity contribution in [2.45, 2.75) is 23.6 Å². The molecule has 6 aromatic carbocycles. The molecule has 0 saturated carbocycles. The minimum Gasteiger partial charge on any atom is -0.744 e. The van der Waals surface area contributed by atoms with Crippen LogP contribution in [-0.4, -0.2) is 76.2 Å². The van der Waals surface area contributed by atoms with Crippen LogP contribution in [0.5, 0.6) is 11.5 Å². The fourth-order valence-electron chi connectivity index (χ4n) is 5.98. The van der Waals surface area contributed by atoms with Crippen LogP contribution in [0.25, 0.3) is 0 Å². The van der Waals surface area contributed by atoms with Gasteiger partial charge in [-0.05, 0) is 134 Å². The van der Waals surface area contributed by atoms with Gasteiger partial charge in [0.1, 0.15) is 31.4 Å². The first kappa shape index (κ1) is 55.7. The summed E-state index contributed by atoms with van der Waals surface area (Å²) in [6, 6.07) is 22.4. The van der Waals surface area contributed by atoms with Crippen molar-refractivity contribution in [1.82, 2.24) is 0 Å². The van der Waals surface area contributed by atoms with Gasteiger partial charge in [0.2, 0.25) is 0 Å². The summed E-state index contributed by atoms with van der Waals surface area (Å²) in [6.45, 7) is 3.46. The Balaban J connectivity index is 0.00000533. The fraction of sp³-hybridized carbons (Fsp3) is 0.0465. The van der Waals surface area contributed by atoms with E-state index in [9.17, 15) is 70.3 Å². The second-order valence-corrected chi connectivity index (χ2v) is 17.0. The summed E-state index contributed by atoms with van der Waals surface area (Å²) >= 11 is 0. The van der Waals surface area contributed by atoms with E-state index in [1.54, 1.807) is 50.2 Å². The molecule has 0 bridgehead atoms. The number of hydrogen-bond acceptors (Lipinski definition) is 17. The van der Waals surface area contributed by atoms with Crippen molar-refractivity contribution >= 4 is 95.5 Å². The molecule has 0 aliphatic rings. The minimum absolute atomic E-state index is 0. The predicted molar refractivity (Wildman–Crippen MR) is 238 cm³/mol. The Hall–Kier alpha value is -6.91. The Morgan fingerprint density at radius 2 is 0.829 bits per heavy atom. The molecular formula is C43H32N8Na2O15S2. The largest absolute Gasteiger partial charge is 1.00 e. The number of hydrogen-bond donors (Lipinski definition) is 8. The van der Waals surface area contributed by atoms with E-state index < -0.39 is 93.8 Å². The topological polar surface area (TPSA) is 378 Å². The Kier molecular flexibility index (Phi) is 18.4. The molecule has 0 atom stereocenters. The van der Waals surface area contributed by atoms with Gasteiger partial charge in [-0.15, -0.1) is 0 Å². The zero-order valence-electron chi connectivity index (χ0n) is 36.8. The number of amides is 4. The third-order valence-electron chi connectivity index (χ3n) is 9.42. The van der Waals surface area contributed by atoms with Gasteiger partial charge >= 0.3 is 77.1 Å². The van der Waals surface area contributed by atoms with Gasteiger partial charge in [0.25, 0.3) is 11.8 Å². The Morgan fingerprint density at radius 3 is 1.13 bits per heavy atom. The fourth-order valence-corrected chi connectivity index (χ4v) is 7.03. The first-order valence-electron chi connectivity index (χ1n) is 19.0. The number of carboxylic acids is 2. The van der Waals surface area contributed by atoms with Gasteiger partial charge in [0.05, 0.1) is 43.9 Å². The third kappa shape index (κ3) is 14.1. The standard InChI is InChI=1S/C43H34N8O15S2.2Na/c1-21-15-27(11-13-33(21)50-48-25-7-3-23(4-8-25)39(54)46-35-19-29(67(61,62)63)17-31(37(35)52)41(56)57)44-43(60)45-28-12-14-34(22(2)16-28)51-49-26-9-5-24(6-10-26)40(55)47-36-20-30(68(64,65)66)18-32(38(36)53)42(58)59;;/h3-20,52-53H,1-2H3,(H,46,54)(H,47,55)(H,56,57)(H,58,59)(H2,44,45,60)(H,61,62,63)(H,64,65,66);;/q;2*+1/p-2. The minimum atomic E-state index is -5.13. The zero-order valence-corrected chi connectivity index (χ0v) is 42.4. The molecule has 6 rings (SSSR count). The number of nitrogens with one attached hydrogen (secondary N) is 4. The van der Waals surface area contributed by atoms with Crippen molar-refractivity contribution in [3.05, 3.63) is 143 Å². The Morgan fingerprint density at radius 1 is 0.486 bits per heavy atom. The van der Waals surface area contributed by atoms with Crippen LogP contribution < -0.4 is 80.4 Å². The van der Waals surface area contributed by atoms with Crippen molar-refractivity contribution in [2.24, 2.45) is 20.5 Å². The number of carbonyl (C=O) groups is 5. The van der Waals surface area contributed by atoms with Gasteiger partial charge in [0.15, 0.2) is 11.5 Å². The number of carboxylic acid groups (broad SMARTS) is 2. The van der Waals surface area contributed by atoms with Crippen LogP contribution in [0.1, 0.15) is 52.6 Å². The Bertz CT molecular complexity index is 3140. The average molecular weight is 1010 g/mol. The molecule has 0 aromatic heterocycles. The van der Waals surface area contributed by atoms with Gasteiger partial charge < -0.3 is 50.8 Å². The number of rotatable bonds is 14. The number of anilines is 4. The van der Waals surface area contributed by atoms with Crippen LogP contribution in [0.4, 0.5) is 50.3 Å². The van der Waals surface area contributed by atoms with Crippen molar-refractivity contribution in [2.75, 3.05) is 21.3 Å². The van der Waals surface area contributed by atoms with Gasteiger partial charge in [-0.1, -0.05) is 0 Å². The first-order chi connectivity index (χ1) is 32.0. The molecule has 0 unspecified atom stereocenters. The zero-order chi connectivity index (χ0) is 49.7. The summed E-state index contributed by atoms with van der Waals surface area (Å²) in [5, 5.41) is 65.6. The molecule has 0 aliphatic carbocycles. The number of urea groups is 1. The van der Waals surface area contributed by atoms with Crippen molar-refractivity contribution < 1.29 is 129 Å². The second kappa shape index (κ2) is 23.1. The van der Waals surface area contributed by atoms with E-state index in [0.29, 0.717) is 69.5 Å². The van der Waals surface area contributed by atoms with E-state index in [0.717, 1.165) is 0 Å². The average Bonchev–Trinajstić information content (AvgIpc) is 3.26. The number of azo groups is 2. The molecule has 348 valence electrons. The molecule has 0 radical (unpaired) electrons. The quantitative estimate of drug-likeness (QED) is 0.0334. The smallest absolute Gasteiger partial charge is 0.744 e. The molecule has 23 nitrogen and oxygen atoms in total. The third-order valence-corrected chi connectivity index (χ3v) is 11.0. The van der Waals surface area contributed by atoms with Crippen LogP contribution in [0, 0.1) is 13.8 Å². The van der Waals surface area contributed by atoms with Gasteiger partial charge in [-0.2, -0.15) is 20.5 Å². The maximum absolute atomic E-state index is 12.9. The molecule has 8 N–H and O–H groups in total. The van der Waals surface area contributed by atoms with Crippen LogP contribution in [0.3, 0.4) is 0 Å². The number of aromatic carboxylic acids is 2. The SMILES string of the molecule is Cc1cc(NC(=O)Nc2ccc(N=Nc3ccc(C(=O)Nc4cc(S(=O)(=O)[O-])cc(C(=O)O)c4O)cc3)c(C)c2)ccc1N=Nc1ccc(C(=O)Nc2cc(S(=O)(=O)[O-])cc(C(=O)O)c2O)cc1.[Na+].[Na+]. The molecule has 0 aliphatic heterocycles. The van der Waals surface area contributed by atoms with Crippen LogP contribution in [0.15, 0.2) is 139 Å². The van der Waals surface area contributed by atoms with Gasteiger partial charge in [0, 0.05) is 22.5 Å². The summed E-state index contributed by atoms with van der Waals surface area (Å²) in [4.78, 5) is 59.5. The summed E-state index contributed by atoms with van der Waals surface area (Å²) < 4.78 is 69.0. The number of carbonyl (C=O) groups excluding carboxylic acids is 3. The van der Waals surface area contributed by atoms with Gasteiger partial charge in [-0.25, -0.2) is 31.2 Å². The van der Waals surface area contributed by atoms with E-state index in [1.165, 1.54) is 48.5 Å². The summed E-state index contributed by atoms with van der Waals surface area (Å²) in [7, 11) is -10.3. The van der Waals surface area contributed by atoms with Gasteiger partial charge in [-0.3, -0.25) is 9.59 Å². The maximum Gasteiger partial charge on any atom is 1.00 e. The summed E-state index contributed by atoms with van der Waals surface area (Å²) in [5.41, 5.74) is 0.599. The molecule has 0 saturated heterocycles. The summed E-state index contributed by atoms with van der Waals surface area (Å²) in [6.07, 6.45) is 0. The predicted octanol–water partition coefficient (Wildman–Crippen LogP) is 1.91.